The van der Waals surface area contributed by atoms with Crippen LogP contribution < -0.4 is 20.5 Å². The minimum atomic E-state index is -0.946. The van der Waals surface area contributed by atoms with Gasteiger partial charge in [-0.05, 0) is 50.1 Å². The predicted molar refractivity (Wildman–Crippen MR) is 116 cm³/mol. The molecule has 9 nitrogen and oxygen atoms in total. The Morgan fingerprint density at radius 1 is 1.06 bits per heavy atom. The van der Waals surface area contributed by atoms with Crippen molar-refractivity contribution in [1.29, 1.82) is 0 Å². The maximum Gasteiger partial charge on any atom is 0.276 e. The molecule has 0 aliphatic carbocycles. The van der Waals surface area contributed by atoms with Gasteiger partial charge in [-0.25, -0.2) is 0 Å². The van der Waals surface area contributed by atoms with E-state index in [1.54, 1.807) is 48.2 Å². The zero-order valence-electron chi connectivity index (χ0n) is 17.9. The number of amides is 4. The minimum Gasteiger partial charge on any atom is -0.484 e. The second-order valence-electron chi connectivity index (χ2n) is 8.06. The first kappa shape index (κ1) is 21.4. The Morgan fingerprint density at radius 2 is 1.81 bits per heavy atom. The first-order chi connectivity index (χ1) is 15.3. The third-order valence-electron chi connectivity index (χ3n) is 5.75. The van der Waals surface area contributed by atoms with E-state index in [9.17, 15) is 19.2 Å². The van der Waals surface area contributed by atoms with Crippen LogP contribution in [0.5, 0.6) is 5.75 Å². The van der Waals surface area contributed by atoms with Gasteiger partial charge in [-0.2, -0.15) is 0 Å². The number of benzene rings is 2. The van der Waals surface area contributed by atoms with Gasteiger partial charge in [0.1, 0.15) is 18.0 Å². The number of ether oxygens (including phenoxy) is 1. The zero-order chi connectivity index (χ0) is 22.9. The van der Waals surface area contributed by atoms with Crippen molar-refractivity contribution < 1.29 is 23.9 Å². The molecule has 4 amide bonds. The van der Waals surface area contributed by atoms with Crippen LogP contribution in [0.15, 0.2) is 48.5 Å². The number of hydrazine groups is 1. The molecule has 2 aliphatic rings. The number of anilines is 1. The van der Waals surface area contributed by atoms with Crippen molar-refractivity contribution in [2.45, 2.75) is 32.4 Å². The standard InChI is InChI=1S/C23H24N4O5/c1-15-6-5-7-16(12-15)32-14-20(29)25-24-19(28)13-26-22(31)17-8-3-4-9-18(17)27-21(30)10-11-23(26,27)2/h3-9,12H,10-11,13-14H2,1-2H3,(H,24,28)(H,25,29). The van der Waals surface area contributed by atoms with Gasteiger partial charge in [-0.1, -0.05) is 24.3 Å². The molecule has 1 atom stereocenters. The maximum atomic E-state index is 13.1. The lowest BCUT2D eigenvalue weighted by atomic mass is 9.98. The summed E-state index contributed by atoms with van der Waals surface area (Å²) in [6.45, 7) is 3.09. The van der Waals surface area contributed by atoms with Gasteiger partial charge in [0.25, 0.3) is 17.7 Å². The third kappa shape index (κ3) is 3.89. The molecular formula is C23H24N4O5. The van der Waals surface area contributed by atoms with Gasteiger partial charge in [0.05, 0.1) is 11.3 Å². The highest BCUT2D eigenvalue weighted by atomic mass is 16.5. The molecule has 4 rings (SSSR count). The molecule has 2 N–H and O–H groups in total. The first-order valence-electron chi connectivity index (χ1n) is 10.3. The van der Waals surface area contributed by atoms with Crippen LogP contribution in [0.2, 0.25) is 0 Å². The van der Waals surface area contributed by atoms with Crippen molar-refractivity contribution in [2.75, 3.05) is 18.1 Å². The molecule has 2 aromatic rings. The number of aryl methyl sites for hydroxylation is 1. The van der Waals surface area contributed by atoms with E-state index in [1.807, 2.05) is 19.1 Å². The summed E-state index contributed by atoms with van der Waals surface area (Å²) in [5, 5.41) is 0. The van der Waals surface area contributed by atoms with Gasteiger partial charge in [0.15, 0.2) is 6.61 Å². The summed E-state index contributed by atoms with van der Waals surface area (Å²) in [6, 6.07) is 14.1. The molecule has 2 heterocycles. The Kier molecular flexibility index (Phi) is 5.56. The lowest BCUT2D eigenvalue weighted by Crippen LogP contribution is -2.64. The highest BCUT2D eigenvalue weighted by molar-refractivity contribution is 6.11. The van der Waals surface area contributed by atoms with Crippen LogP contribution in [0.3, 0.4) is 0 Å². The highest BCUT2D eigenvalue weighted by Gasteiger charge is 2.53. The zero-order valence-corrected chi connectivity index (χ0v) is 17.9. The summed E-state index contributed by atoms with van der Waals surface area (Å²) >= 11 is 0. The third-order valence-corrected chi connectivity index (χ3v) is 5.75. The van der Waals surface area contributed by atoms with Crippen LogP contribution in [0, 0.1) is 6.92 Å². The summed E-state index contributed by atoms with van der Waals surface area (Å²) in [6.07, 6.45) is 0.694. The van der Waals surface area contributed by atoms with Crippen LogP contribution in [0.25, 0.3) is 0 Å². The number of fused-ring (bicyclic) bond motifs is 3. The fraction of sp³-hybridized carbons (Fsp3) is 0.304. The van der Waals surface area contributed by atoms with Gasteiger partial charge in [0, 0.05) is 6.42 Å². The molecule has 32 heavy (non-hydrogen) atoms. The smallest absolute Gasteiger partial charge is 0.276 e. The van der Waals surface area contributed by atoms with Crippen LogP contribution in [-0.4, -0.2) is 47.3 Å². The molecule has 2 aliphatic heterocycles. The van der Waals surface area contributed by atoms with E-state index in [4.69, 9.17) is 4.74 Å². The minimum absolute atomic E-state index is 0.0977. The summed E-state index contributed by atoms with van der Waals surface area (Å²) in [4.78, 5) is 53.2. The fourth-order valence-electron chi connectivity index (χ4n) is 4.15. The predicted octanol–water partition coefficient (Wildman–Crippen LogP) is 1.52. The average molecular weight is 436 g/mol. The van der Waals surface area contributed by atoms with E-state index in [0.717, 1.165) is 5.56 Å². The van der Waals surface area contributed by atoms with Crippen molar-refractivity contribution in [2.24, 2.45) is 0 Å². The van der Waals surface area contributed by atoms with E-state index >= 15 is 0 Å². The van der Waals surface area contributed by atoms with E-state index in [0.29, 0.717) is 23.4 Å². The molecule has 1 fully saturated rings. The van der Waals surface area contributed by atoms with E-state index in [1.165, 1.54) is 4.90 Å². The van der Waals surface area contributed by atoms with Gasteiger partial charge < -0.3 is 9.64 Å². The molecule has 1 unspecified atom stereocenters. The highest BCUT2D eigenvalue weighted by Crippen LogP contribution is 2.43. The lowest BCUT2D eigenvalue weighted by Gasteiger charge is -2.48. The van der Waals surface area contributed by atoms with Crippen LogP contribution in [0.4, 0.5) is 5.69 Å². The van der Waals surface area contributed by atoms with Crippen LogP contribution >= 0.6 is 0 Å². The summed E-state index contributed by atoms with van der Waals surface area (Å²) in [5.41, 5.74) is 5.58. The first-order valence-corrected chi connectivity index (χ1v) is 10.3. The molecule has 9 heteroatoms. The number of nitrogens with zero attached hydrogens (tertiary/aromatic N) is 2. The maximum absolute atomic E-state index is 13.1. The van der Waals surface area contributed by atoms with Crippen LogP contribution in [0.1, 0.15) is 35.7 Å². The number of para-hydroxylation sites is 1. The summed E-state index contributed by atoms with van der Waals surface area (Å²) < 4.78 is 5.40. The molecule has 0 spiro atoms. The Bertz CT molecular complexity index is 1100. The monoisotopic (exact) mass is 436 g/mol. The molecule has 0 saturated carbocycles. The Balaban J connectivity index is 1.39. The molecule has 0 aromatic heterocycles. The average Bonchev–Trinajstić information content (AvgIpc) is 3.09. The SMILES string of the molecule is Cc1cccc(OCC(=O)NNC(=O)CN2C(=O)c3ccccc3N3C(=O)CCC23C)c1. The van der Waals surface area contributed by atoms with E-state index < -0.39 is 17.5 Å². The number of carbonyl (C=O) groups is 4. The Hall–Kier alpha value is -3.88. The molecule has 166 valence electrons. The van der Waals surface area contributed by atoms with Gasteiger partial charge in [-0.15, -0.1) is 0 Å². The molecule has 0 bridgehead atoms. The van der Waals surface area contributed by atoms with E-state index in [-0.39, 0.29) is 31.4 Å². The van der Waals surface area contributed by atoms with Crippen LogP contribution in [-0.2, 0) is 14.4 Å². The van der Waals surface area contributed by atoms with Crippen molar-refractivity contribution in [3.63, 3.8) is 0 Å². The fourth-order valence-corrected chi connectivity index (χ4v) is 4.15. The Morgan fingerprint density at radius 3 is 2.59 bits per heavy atom. The topological polar surface area (TPSA) is 108 Å². The van der Waals surface area contributed by atoms with E-state index in [2.05, 4.69) is 10.9 Å². The molecule has 0 radical (unpaired) electrons. The number of carbonyl (C=O) groups excluding carboxylic acids is 4. The Labute approximate surface area is 185 Å². The number of hydrogen-bond acceptors (Lipinski definition) is 5. The normalized spacial score (nSPS) is 19.3. The van der Waals surface area contributed by atoms with Crippen molar-refractivity contribution in [3.8, 4) is 5.75 Å². The molecule has 2 aromatic carbocycles. The van der Waals surface area contributed by atoms with Gasteiger partial charge in [0.2, 0.25) is 5.91 Å². The van der Waals surface area contributed by atoms with Crippen molar-refractivity contribution >= 4 is 29.3 Å². The quantitative estimate of drug-likeness (QED) is 0.691. The molecule has 1 saturated heterocycles. The lowest BCUT2D eigenvalue weighted by molar-refractivity contribution is -0.130. The molecular weight excluding hydrogens is 412 g/mol. The summed E-state index contributed by atoms with van der Waals surface area (Å²) in [7, 11) is 0. The number of rotatable bonds is 5. The second-order valence-corrected chi connectivity index (χ2v) is 8.06. The number of hydrogen-bond donors (Lipinski definition) is 2. The largest absolute Gasteiger partial charge is 0.484 e. The van der Waals surface area contributed by atoms with Gasteiger partial charge >= 0.3 is 0 Å². The number of nitrogens with one attached hydrogen (secondary N) is 2. The second kappa shape index (κ2) is 8.33. The summed E-state index contributed by atoms with van der Waals surface area (Å²) in [5.74, 6) is -1.01. The van der Waals surface area contributed by atoms with Gasteiger partial charge in [-0.3, -0.25) is 34.9 Å². The van der Waals surface area contributed by atoms with Crippen molar-refractivity contribution in [3.05, 3.63) is 59.7 Å². The van der Waals surface area contributed by atoms with Crippen molar-refractivity contribution in [1.82, 2.24) is 15.8 Å².